The van der Waals surface area contributed by atoms with Crippen molar-refractivity contribution in [3.63, 3.8) is 0 Å². The summed E-state index contributed by atoms with van der Waals surface area (Å²) >= 11 is 5.89. The molecule has 1 aromatic carbocycles. The van der Waals surface area contributed by atoms with Crippen molar-refractivity contribution in [1.29, 1.82) is 0 Å². The molecule has 0 radical (unpaired) electrons. The van der Waals surface area contributed by atoms with Crippen LogP contribution in [0.3, 0.4) is 0 Å². The zero-order chi connectivity index (χ0) is 14.8. The van der Waals surface area contributed by atoms with Crippen molar-refractivity contribution < 1.29 is 18.3 Å². The van der Waals surface area contributed by atoms with Gasteiger partial charge < -0.3 is 9.84 Å². The van der Waals surface area contributed by atoms with Gasteiger partial charge in [0.05, 0.1) is 11.5 Å². The van der Waals surface area contributed by atoms with Gasteiger partial charge in [-0.05, 0) is 36.6 Å². The Bertz CT molecular complexity index is 570. The molecule has 0 atom stereocenters. The van der Waals surface area contributed by atoms with Gasteiger partial charge in [0, 0.05) is 31.3 Å². The summed E-state index contributed by atoms with van der Waals surface area (Å²) in [7, 11) is -2.00. The van der Waals surface area contributed by atoms with Crippen LogP contribution in [0.1, 0.15) is 18.4 Å². The lowest BCUT2D eigenvalue weighted by molar-refractivity contribution is 0.0632. The third-order valence-corrected chi connectivity index (χ3v) is 5.84. The monoisotopic (exact) mass is 319 g/mol. The van der Waals surface area contributed by atoms with E-state index in [2.05, 4.69) is 0 Å². The zero-order valence-corrected chi connectivity index (χ0v) is 12.8. The number of aliphatic hydroxyl groups excluding tert-OH is 1. The first-order valence-corrected chi connectivity index (χ1v) is 8.23. The molecule has 2 rings (SSSR count). The summed E-state index contributed by atoms with van der Waals surface area (Å²) in [5.41, 5.74) is 0.410. The van der Waals surface area contributed by atoms with Crippen molar-refractivity contribution in [2.24, 2.45) is 0 Å². The van der Waals surface area contributed by atoms with Crippen LogP contribution in [-0.4, -0.2) is 44.1 Å². The number of hydrogen-bond donors (Lipinski definition) is 1. The molecule has 7 heteroatoms. The van der Waals surface area contributed by atoms with Gasteiger partial charge in [-0.2, -0.15) is 4.31 Å². The zero-order valence-electron chi connectivity index (χ0n) is 11.3. The van der Waals surface area contributed by atoms with Crippen molar-refractivity contribution >= 4 is 21.6 Å². The third-order valence-electron chi connectivity index (χ3n) is 3.57. The number of nitrogens with zero attached hydrogens (tertiary/aromatic N) is 1. The molecule has 0 saturated carbocycles. The minimum absolute atomic E-state index is 0.0537. The van der Waals surface area contributed by atoms with Crippen molar-refractivity contribution in [1.82, 2.24) is 4.31 Å². The molecule has 1 aliphatic heterocycles. The number of ether oxygens (including phenoxy) is 1. The van der Waals surface area contributed by atoms with Gasteiger partial charge in [0.1, 0.15) is 0 Å². The summed E-state index contributed by atoms with van der Waals surface area (Å²) in [6.45, 7) is 0.864. The van der Waals surface area contributed by atoms with Gasteiger partial charge >= 0.3 is 0 Å². The van der Waals surface area contributed by atoms with Crippen LogP contribution in [0.2, 0.25) is 5.02 Å². The van der Waals surface area contributed by atoms with Gasteiger partial charge in [-0.15, -0.1) is 0 Å². The molecule has 112 valence electrons. The SMILES string of the molecule is CN(C1CCOCC1)S(=O)(=O)c1ccc(Cl)c(CO)c1. The first kappa shape index (κ1) is 15.7. The molecule has 0 aromatic heterocycles. The Hall–Kier alpha value is -0.660. The molecule has 1 heterocycles. The topological polar surface area (TPSA) is 66.8 Å². The molecule has 1 aliphatic rings. The lowest BCUT2D eigenvalue weighted by Crippen LogP contribution is -2.40. The molecule has 0 amide bonds. The number of rotatable bonds is 4. The van der Waals surface area contributed by atoms with Gasteiger partial charge in [-0.1, -0.05) is 11.6 Å². The fraction of sp³-hybridized carbons (Fsp3) is 0.538. The molecule has 1 saturated heterocycles. The van der Waals surface area contributed by atoms with E-state index in [1.165, 1.54) is 22.5 Å². The highest BCUT2D eigenvalue weighted by atomic mass is 35.5. The summed E-state index contributed by atoms with van der Waals surface area (Å²) in [4.78, 5) is 0.153. The van der Waals surface area contributed by atoms with Crippen molar-refractivity contribution in [3.8, 4) is 0 Å². The first-order chi connectivity index (χ1) is 9.46. The maximum atomic E-state index is 12.6. The largest absolute Gasteiger partial charge is 0.392 e. The Labute approximate surface area is 124 Å². The van der Waals surface area contributed by atoms with E-state index < -0.39 is 10.0 Å². The highest BCUT2D eigenvalue weighted by Crippen LogP contribution is 2.25. The van der Waals surface area contributed by atoms with E-state index in [1.54, 1.807) is 7.05 Å². The van der Waals surface area contributed by atoms with Crippen LogP contribution in [0, 0.1) is 0 Å². The molecule has 1 fully saturated rings. The Balaban J connectivity index is 2.29. The van der Waals surface area contributed by atoms with Gasteiger partial charge in [0.2, 0.25) is 10.0 Å². The van der Waals surface area contributed by atoms with E-state index in [1.807, 2.05) is 0 Å². The van der Waals surface area contributed by atoms with Crippen LogP contribution in [-0.2, 0) is 21.4 Å². The first-order valence-electron chi connectivity index (χ1n) is 6.42. The molecular formula is C13H18ClNO4S. The Morgan fingerprint density at radius 2 is 2.05 bits per heavy atom. The van der Waals surface area contributed by atoms with Gasteiger partial charge in [0.25, 0.3) is 0 Å². The maximum Gasteiger partial charge on any atom is 0.243 e. The second kappa shape index (κ2) is 6.41. The summed E-state index contributed by atoms with van der Waals surface area (Å²) in [5.74, 6) is 0. The minimum atomic E-state index is -3.58. The Morgan fingerprint density at radius 1 is 1.40 bits per heavy atom. The average Bonchev–Trinajstić information content (AvgIpc) is 2.47. The van der Waals surface area contributed by atoms with Gasteiger partial charge in [0.15, 0.2) is 0 Å². The third kappa shape index (κ3) is 3.15. The highest BCUT2D eigenvalue weighted by Gasteiger charge is 2.29. The summed E-state index contributed by atoms with van der Waals surface area (Å²) in [6, 6.07) is 4.33. The normalized spacial score (nSPS) is 17.6. The highest BCUT2D eigenvalue weighted by molar-refractivity contribution is 7.89. The number of hydrogen-bond acceptors (Lipinski definition) is 4. The number of aliphatic hydroxyl groups is 1. The molecule has 1 aromatic rings. The fourth-order valence-electron chi connectivity index (χ4n) is 2.24. The Kier molecular flexibility index (Phi) is 5.04. The summed E-state index contributed by atoms with van der Waals surface area (Å²) in [5, 5.41) is 9.55. The number of benzene rings is 1. The van der Waals surface area contributed by atoms with E-state index in [0.717, 1.165) is 0 Å². The number of sulfonamides is 1. The maximum absolute atomic E-state index is 12.6. The quantitative estimate of drug-likeness (QED) is 0.916. The summed E-state index contributed by atoms with van der Waals surface area (Å²) < 4.78 is 31.8. The van der Waals surface area contributed by atoms with Gasteiger partial charge in [-0.3, -0.25) is 0 Å². The number of halogens is 1. The van der Waals surface area contributed by atoms with Crippen LogP contribution in [0.5, 0.6) is 0 Å². The van der Waals surface area contributed by atoms with E-state index in [9.17, 15) is 13.5 Å². The van der Waals surface area contributed by atoms with Crippen LogP contribution in [0.15, 0.2) is 23.1 Å². The Morgan fingerprint density at radius 3 is 2.65 bits per heavy atom. The van der Waals surface area contributed by atoms with E-state index in [-0.39, 0.29) is 17.5 Å². The second-order valence-corrected chi connectivity index (χ2v) is 7.18. The van der Waals surface area contributed by atoms with Crippen molar-refractivity contribution in [2.45, 2.75) is 30.4 Å². The standard InChI is InChI=1S/C13H18ClNO4S/c1-15(11-4-6-19-7-5-11)20(17,18)12-2-3-13(14)10(8-12)9-16/h2-3,8,11,16H,4-7,9H2,1H3. The average molecular weight is 320 g/mol. The van der Waals surface area contributed by atoms with Gasteiger partial charge in [-0.25, -0.2) is 8.42 Å². The molecule has 0 unspecified atom stereocenters. The molecule has 1 N–H and O–H groups in total. The summed E-state index contributed by atoms with van der Waals surface area (Å²) in [6.07, 6.45) is 1.38. The van der Waals surface area contributed by atoms with E-state index in [4.69, 9.17) is 16.3 Å². The van der Waals surface area contributed by atoms with Crippen molar-refractivity contribution in [2.75, 3.05) is 20.3 Å². The lowest BCUT2D eigenvalue weighted by Gasteiger charge is -2.30. The molecule has 0 aliphatic carbocycles. The van der Waals surface area contributed by atoms with E-state index in [0.29, 0.717) is 36.6 Å². The molecule has 5 nitrogen and oxygen atoms in total. The van der Waals surface area contributed by atoms with Crippen LogP contribution < -0.4 is 0 Å². The van der Waals surface area contributed by atoms with Crippen LogP contribution in [0.25, 0.3) is 0 Å². The predicted octanol–water partition coefficient (Wildman–Crippen LogP) is 1.63. The smallest absolute Gasteiger partial charge is 0.243 e. The lowest BCUT2D eigenvalue weighted by atomic mass is 10.1. The van der Waals surface area contributed by atoms with E-state index >= 15 is 0 Å². The van der Waals surface area contributed by atoms with Crippen LogP contribution >= 0.6 is 11.6 Å². The fourth-order valence-corrected chi connectivity index (χ4v) is 3.89. The van der Waals surface area contributed by atoms with Crippen molar-refractivity contribution in [3.05, 3.63) is 28.8 Å². The molecular weight excluding hydrogens is 302 g/mol. The molecule has 0 spiro atoms. The minimum Gasteiger partial charge on any atom is -0.392 e. The molecule has 20 heavy (non-hydrogen) atoms. The van der Waals surface area contributed by atoms with Crippen LogP contribution in [0.4, 0.5) is 0 Å². The predicted molar refractivity (Wildman–Crippen MR) is 76.2 cm³/mol. The molecule has 0 bridgehead atoms. The second-order valence-electron chi connectivity index (χ2n) is 4.78.